The molecule has 5 heteroatoms. The Morgan fingerprint density at radius 2 is 1.89 bits per heavy atom. The van der Waals surface area contributed by atoms with E-state index in [1.54, 1.807) is 12.1 Å². The molecule has 0 bridgehead atoms. The third kappa shape index (κ3) is 2.81. The van der Waals surface area contributed by atoms with E-state index in [2.05, 4.69) is 6.07 Å². The maximum absolute atomic E-state index is 10.7. The number of aryl methyl sites for hydroxylation is 1. The zero-order valence-electron chi connectivity index (χ0n) is 9.79. The van der Waals surface area contributed by atoms with Gasteiger partial charge in [-0.1, -0.05) is 29.5 Å². The fourth-order valence-corrected chi connectivity index (χ4v) is 2.56. The smallest absolute Gasteiger partial charge is 0.292 e. The van der Waals surface area contributed by atoms with Gasteiger partial charge in [0.05, 0.1) is 4.92 Å². The zero-order valence-corrected chi connectivity index (χ0v) is 10.6. The van der Waals surface area contributed by atoms with Crippen LogP contribution in [-0.2, 0) is 0 Å². The Morgan fingerprint density at radius 3 is 2.50 bits per heavy atom. The summed E-state index contributed by atoms with van der Waals surface area (Å²) in [7, 11) is 0. The van der Waals surface area contributed by atoms with E-state index in [0.717, 1.165) is 9.79 Å². The molecule has 0 aliphatic carbocycles. The van der Waals surface area contributed by atoms with Crippen LogP contribution in [0.4, 0.5) is 11.4 Å². The highest BCUT2D eigenvalue weighted by Crippen LogP contribution is 2.32. The number of nitro benzene ring substituents is 1. The SMILES string of the molecule is Cc1cccc(Sc2ccc([N+](=O)[O-])c(N)c2)c1. The minimum atomic E-state index is -0.476. The quantitative estimate of drug-likeness (QED) is 0.519. The molecule has 0 saturated heterocycles. The van der Waals surface area contributed by atoms with Gasteiger partial charge >= 0.3 is 0 Å². The van der Waals surface area contributed by atoms with E-state index in [9.17, 15) is 10.1 Å². The minimum Gasteiger partial charge on any atom is -0.393 e. The van der Waals surface area contributed by atoms with Crippen LogP contribution < -0.4 is 5.73 Å². The number of nitrogens with two attached hydrogens (primary N) is 1. The summed E-state index contributed by atoms with van der Waals surface area (Å²) in [6.07, 6.45) is 0. The van der Waals surface area contributed by atoms with Crippen LogP contribution in [0.5, 0.6) is 0 Å². The topological polar surface area (TPSA) is 69.2 Å². The first-order valence-corrected chi connectivity index (χ1v) is 6.16. The van der Waals surface area contributed by atoms with Gasteiger partial charge in [0.25, 0.3) is 5.69 Å². The average molecular weight is 260 g/mol. The summed E-state index contributed by atoms with van der Waals surface area (Å²) in [6.45, 7) is 2.02. The van der Waals surface area contributed by atoms with Gasteiger partial charge in [-0.3, -0.25) is 10.1 Å². The molecule has 0 aliphatic heterocycles. The Bertz CT molecular complexity index is 599. The number of nitrogens with zero attached hydrogens (tertiary/aromatic N) is 1. The summed E-state index contributed by atoms with van der Waals surface area (Å²) in [5.41, 5.74) is 6.97. The molecule has 0 aliphatic rings. The van der Waals surface area contributed by atoms with E-state index in [0.29, 0.717) is 0 Å². The molecule has 0 spiro atoms. The van der Waals surface area contributed by atoms with Gasteiger partial charge in [-0.15, -0.1) is 0 Å². The maximum atomic E-state index is 10.7. The molecule has 0 amide bonds. The molecule has 0 unspecified atom stereocenters. The first kappa shape index (κ1) is 12.4. The maximum Gasteiger partial charge on any atom is 0.292 e. The first-order chi connectivity index (χ1) is 8.56. The molecule has 0 saturated carbocycles. The van der Waals surface area contributed by atoms with E-state index >= 15 is 0 Å². The highest BCUT2D eigenvalue weighted by atomic mass is 32.2. The standard InChI is InChI=1S/C13H12N2O2S/c1-9-3-2-4-10(7-9)18-11-5-6-13(15(16)17)12(14)8-11/h2-8H,14H2,1H3. The third-order valence-electron chi connectivity index (χ3n) is 2.42. The van der Waals surface area contributed by atoms with Crippen molar-refractivity contribution in [2.24, 2.45) is 0 Å². The summed E-state index contributed by atoms with van der Waals surface area (Å²) in [5, 5.41) is 10.7. The summed E-state index contributed by atoms with van der Waals surface area (Å²) < 4.78 is 0. The normalized spacial score (nSPS) is 10.3. The summed E-state index contributed by atoms with van der Waals surface area (Å²) in [6, 6.07) is 12.8. The Hall–Kier alpha value is -2.01. The van der Waals surface area contributed by atoms with Crippen LogP contribution in [0, 0.1) is 17.0 Å². The Kier molecular flexibility index (Phi) is 3.53. The Morgan fingerprint density at radius 1 is 1.17 bits per heavy atom. The van der Waals surface area contributed by atoms with Gasteiger partial charge in [-0.2, -0.15) is 0 Å². The van der Waals surface area contributed by atoms with Crippen molar-refractivity contribution in [3.63, 3.8) is 0 Å². The van der Waals surface area contributed by atoms with Gasteiger partial charge in [-0.05, 0) is 31.2 Å². The van der Waals surface area contributed by atoms with Gasteiger partial charge in [0.2, 0.25) is 0 Å². The van der Waals surface area contributed by atoms with Crippen LogP contribution in [0.15, 0.2) is 52.3 Å². The van der Waals surface area contributed by atoms with E-state index in [1.807, 2.05) is 25.1 Å². The predicted octanol–water partition coefficient (Wildman–Crippen LogP) is 3.64. The molecule has 92 valence electrons. The van der Waals surface area contributed by atoms with Crippen molar-refractivity contribution < 1.29 is 4.92 Å². The van der Waals surface area contributed by atoms with Crippen LogP contribution in [0.1, 0.15) is 5.56 Å². The molecule has 2 N–H and O–H groups in total. The molecular formula is C13H12N2O2S. The summed E-state index contributed by atoms with van der Waals surface area (Å²) in [4.78, 5) is 12.2. The largest absolute Gasteiger partial charge is 0.393 e. The number of rotatable bonds is 3. The van der Waals surface area contributed by atoms with Gasteiger partial charge in [-0.25, -0.2) is 0 Å². The highest BCUT2D eigenvalue weighted by molar-refractivity contribution is 7.99. The summed E-state index contributed by atoms with van der Waals surface area (Å²) >= 11 is 1.53. The van der Waals surface area contributed by atoms with Crippen LogP contribution in [0.3, 0.4) is 0 Å². The second-order valence-electron chi connectivity index (χ2n) is 3.90. The lowest BCUT2D eigenvalue weighted by Gasteiger charge is -2.04. The lowest BCUT2D eigenvalue weighted by atomic mass is 10.2. The summed E-state index contributed by atoms with van der Waals surface area (Å²) in [5.74, 6) is 0. The molecule has 0 fully saturated rings. The molecule has 2 aromatic rings. The van der Waals surface area contributed by atoms with Crippen molar-refractivity contribution in [2.45, 2.75) is 16.7 Å². The molecule has 0 radical (unpaired) electrons. The molecule has 4 nitrogen and oxygen atoms in total. The number of benzene rings is 2. The van der Waals surface area contributed by atoms with Crippen LogP contribution in [0.2, 0.25) is 0 Å². The van der Waals surface area contributed by atoms with Gasteiger partial charge in [0.15, 0.2) is 0 Å². The fraction of sp³-hybridized carbons (Fsp3) is 0.0769. The van der Waals surface area contributed by atoms with Crippen molar-refractivity contribution in [3.8, 4) is 0 Å². The van der Waals surface area contributed by atoms with Crippen molar-refractivity contribution in [3.05, 3.63) is 58.1 Å². The number of hydrogen-bond donors (Lipinski definition) is 1. The average Bonchev–Trinajstić information content (AvgIpc) is 2.28. The van der Waals surface area contributed by atoms with E-state index in [-0.39, 0.29) is 11.4 Å². The van der Waals surface area contributed by atoms with Crippen LogP contribution in [0.25, 0.3) is 0 Å². The lowest BCUT2D eigenvalue weighted by Crippen LogP contribution is -1.95. The van der Waals surface area contributed by atoms with Gasteiger partial charge in [0, 0.05) is 15.9 Å². The number of hydrogen-bond acceptors (Lipinski definition) is 4. The molecule has 2 rings (SSSR count). The van der Waals surface area contributed by atoms with E-state index in [1.165, 1.54) is 23.4 Å². The highest BCUT2D eigenvalue weighted by Gasteiger charge is 2.11. The van der Waals surface area contributed by atoms with Crippen LogP contribution in [-0.4, -0.2) is 4.92 Å². The zero-order chi connectivity index (χ0) is 13.1. The lowest BCUT2D eigenvalue weighted by molar-refractivity contribution is -0.383. The Balaban J connectivity index is 2.25. The van der Waals surface area contributed by atoms with Crippen molar-refractivity contribution in [1.82, 2.24) is 0 Å². The van der Waals surface area contributed by atoms with E-state index in [4.69, 9.17) is 5.73 Å². The predicted molar refractivity (Wildman–Crippen MR) is 72.8 cm³/mol. The minimum absolute atomic E-state index is 0.0522. The van der Waals surface area contributed by atoms with Crippen LogP contribution >= 0.6 is 11.8 Å². The number of anilines is 1. The van der Waals surface area contributed by atoms with E-state index < -0.39 is 4.92 Å². The second-order valence-corrected chi connectivity index (χ2v) is 5.04. The number of nitro groups is 1. The molecule has 0 heterocycles. The number of nitrogen functional groups attached to an aromatic ring is 1. The first-order valence-electron chi connectivity index (χ1n) is 5.35. The molecule has 0 aromatic heterocycles. The van der Waals surface area contributed by atoms with Crippen molar-refractivity contribution in [2.75, 3.05) is 5.73 Å². The van der Waals surface area contributed by atoms with Crippen molar-refractivity contribution in [1.29, 1.82) is 0 Å². The Labute approximate surface area is 109 Å². The molecule has 0 atom stereocenters. The molecule has 18 heavy (non-hydrogen) atoms. The molecular weight excluding hydrogens is 248 g/mol. The van der Waals surface area contributed by atoms with Crippen molar-refractivity contribution >= 4 is 23.1 Å². The fourth-order valence-electron chi connectivity index (χ4n) is 1.58. The second kappa shape index (κ2) is 5.10. The van der Waals surface area contributed by atoms with Gasteiger partial charge < -0.3 is 5.73 Å². The monoisotopic (exact) mass is 260 g/mol. The molecule has 2 aromatic carbocycles. The van der Waals surface area contributed by atoms with Gasteiger partial charge in [0.1, 0.15) is 5.69 Å². The third-order valence-corrected chi connectivity index (χ3v) is 3.40.